The Bertz CT molecular complexity index is 432. The van der Waals surface area contributed by atoms with Crippen LogP contribution in [0.1, 0.15) is 46.4 Å². The lowest BCUT2D eigenvalue weighted by atomic mass is 10.1. The largest absolute Gasteiger partial charge is 0.366 e. The van der Waals surface area contributed by atoms with Crippen molar-refractivity contribution < 1.29 is 9.59 Å². The Kier molecular flexibility index (Phi) is 3.97. The van der Waals surface area contributed by atoms with Crippen molar-refractivity contribution in [3.63, 3.8) is 0 Å². The summed E-state index contributed by atoms with van der Waals surface area (Å²) in [4.78, 5) is 25.1. The van der Waals surface area contributed by atoms with Crippen molar-refractivity contribution in [2.75, 3.05) is 13.1 Å². The molecule has 1 aromatic carbocycles. The standard InChI is InChI=1S/C14H18N2O2/c15-13(17)11-5-7-12(8-6-11)14(18)16-9-3-1-2-4-10-16/h5-8H,1-4,9-10H2,(H2,15,17). The SMILES string of the molecule is NC(=O)c1ccc(C(=O)N2CCCCCC2)cc1. The number of nitrogens with two attached hydrogens (primary N) is 1. The third-order valence-corrected chi connectivity index (χ3v) is 3.31. The third kappa shape index (κ3) is 2.88. The van der Waals surface area contributed by atoms with Gasteiger partial charge in [-0.3, -0.25) is 9.59 Å². The fourth-order valence-corrected chi connectivity index (χ4v) is 2.23. The lowest BCUT2D eigenvalue weighted by Gasteiger charge is -2.20. The number of primary amides is 1. The molecular weight excluding hydrogens is 228 g/mol. The van der Waals surface area contributed by atoms with Crippen molar-refractivity contribution in [3.8, 4) is 0 Å². The molecule has 2 rings (SSSR count). The molecule has 1 aliphatic heterocycles. The minimum Gasteiger partial charge on any atom is -0.366 e. The minimum atomic E-state index is -0.469. The Labute approximate surface area is 107 Å². The van der Waals surface area contributed by atoms with Crippen molar-refractivity contribution in [1.29, 1.82) is 0 Å². The molecule has 0 aromatic heterocycles. The Morgan fingerprint density at radius 2 is 1.39 bits per heavy atom. The Balaban J connectivity index is 2.10. The quantitative estimate of drug-likeness (QED) is 0.864. The van der Waals surface area contributed by atoms with E-state index in [-0.39, 0.29) is 5.91 Å². The highest BCUT2D eigenvalue weighted by molar-refractivity contribution is 5.97. The molecule has 0 saturated carbocycles. The van der Waals surface area contributed by atoms with Crippen LogP contribution in [-0.4, -0.2) is 29.8 Å². The molecule has 0 unspecified atom stereocenters. The van der Waals surface area contributed by atoms with Crippen LogP contribution in [-0.2, 0) is 0 Å². The molecule has 18 heavy (non-hydrogen) atoms. The molecule has 2 amide bonds. The maximum Gasteiger partial charge on any atom is 0.253 e. The number of rotatable bonds is 2. The van der Waals surface area contributed by atoms with E-state index >= 15 is 0 Å². The Morgan fingerprint density at radius 1 is 0.889 bits per heavy atom. The second kappa shape index (κ2) is 5.67. The van der Waals surface area contributed by atoms with Gasteiger partial charge < -0.3 is 10.6 Å². The van der Waals surface area contributed by atoms with Crippen molar-refractivity contribution in [2.24, 2.45) is 5.73 Å². The normalized spacial score (nSPS) is 16.1. The zero-order valence-electron chi connectivity index (χ0n) is 10.4. The van der Waals surface area contributed by atoms with E-state index in [1.807, 2.05) is 4.90 Å². The van der Waals surface area contributed by atoms with Crippen LogP contribution < -0.4 is 5.73 Å². The van der Waals surface area contributed by atoms with Gasteiger partial charge in [-0.05, 0) is 37.1 Å². The van der Waals surface area contributed by atoms with Gasteiger partial charge in [0.05, 0.1) is 0 Å². The average molecular weight is 246 g/mol. The van der Waals surface area contributed by atoms with E-state index in [0.29, 0.717) is 11.1 Å². The van der Waals surface area contributed by atoms with Gasteiger partial charge in [0, 0.05) is 24.2 Å². The summed E-state index contributed by atoms with van der Waals surface area (Å²) >= 11 is 0. The first-order chi connectivity index (χ1) is 8.68. The van der Waals surface area contributed by atoms with E-state index in [2.05, 4.69) is 0 Å². The monoisotopic (exact) mass is 246 g/mol. The minimum absolute atomic E-state index is 0.0490. The second-order valence-corrected chi connectivity index (χ2v) is 4.65. The first-order valence-corrected chi connectivity index (χ1v) is 6.37. The maximum atomic E-state index is 12.2. The number of amides is 2. The molecule has 4 nitrogen and oxygen atoms in total. The van der Waals surface area contributed by atoms with Gasteiger partial charge in [-0.25, -0.2) is 0 Å². The summed E-state index contributed by atoms with van der Waals surface area (Å²) in [7, 11) is 0. The molecule has 96 valence electrons. The highest BCUT2D eigenvalue weighted by Gasteiger charge is 2.17. The first-order valence-electron chi connectivity index (χ1n) is 6.37. The maximum absolute atomic E-state index is 12.2. The zero-order chi connectivity index (χ0) is 13.0. The number of hydrogen-bond acceptors (Lipinski definition) is 2. The predicted octanol–water partition coefficient (Wildman–Crippen LogP) is 1.80. The molecule has 1 aromatic rings. The van der Waals surface area contributed by atoms with Gasteiger partial charge in [0.2, 0.25) is 5.91 Å². The van der Waals surface area contributed by atoms with Crippen LogP contribution in [0, 0.1) is 0 Å². The molecule has 1 aliphatic rings. The summed E-state index contributed by atoms with van der Waals surface area (Å²) in [6.07, 6.45) is 4.55. The number of carbonyl (C=O) groups excluding carboxylic acids is 2. The topological polar surface area (TPSA) is 63.4 Å². The van der Waals surface area contributed by atoms with Crippen LogP contribution >= 0.6 is 0 Å². The Hall–Kier alpha value is -1.84. The molecule has 0 bridgehead atoms. The summed E-state index contributed by atoms with van der Waals surface area (Å²) in [5, 5.41) is 0. The van der Waals surface area contributed by atoms with E-state index in [4.69, 9.17) is 5.73 Å². The molecule has 1 fully saturated rings. The van der Waals surface area contributed by atoms with Gasteiger partial charge in [-0.2, -0.15) is 0 Å². The molecule has 0 spiro atoms. The van der Waals surface area contributed by atoms with Crippen molar-refractivity contribution in [1.82, 2.24) is 4.90 Å². The van der Waals surface area contributed by atoms with Gasteiger partial charge in [-0.15, -0.1) is 0 Å². The van der Waals surface area contributed by atoms with E-state index in [0.717, 1.165) is 25.9 Å². The first kappa shape index (κ1) is 12.6. The fraction of sp³-hybridized carbons (Fsp3) is 0.429. The fourth-order valence-electron chi connectivity index (χ4n) is 2.23. The predicted molar refractivity (Wildman–Crippen MR) is 69.3 cm³/mol. The molecule has 0 aliphatic carbocycles. The van der Waals surface area contributed by atoms with Crippen LogP contribution in [0.5, 0.6) is 0 Å². The highest BCUT2D eigenvalue weighted by Crippen LogP contribution is 2.13. The lowest BCUT2D eigenvalue weighted by molar-refractivity contribution is 0.0761. The summed E-state index contributed by atoms with van der Waals surface area (Å²) in [5.41, 5.74) is 6.23. The molecule has 0 radical (unpaired) electrons. The van der Waals surface area contributed by atoms with Gasteiger partial charge >= 0.3 is 0 Å². The van der Waals surface area contributed by atoms with Crippen molar-refractivity contribution >= 4 is 11.8 Å². The average Bonchev–Trinajstić information content (AvgIpc) is 2.67. The van der Waals surface area contributed by atoms with Gasteiger partial charge in [0.15, 0.2) is 0 Å². The molecule has 0 atom stereocenters. The molecule has 2 N–H and O–H groups in total. The van der Waals surface area contributed by atoms with E-state index in [1.54, 1.807) is 24.3 Å². The number of likely N-dealkylation sites (tertiary alicyclic amines) is 1. The van der Waals surface area contributed by atoms with Crippen LogP contribution in [0.4, 0.5) is 0 Å². The number of nitrogens with zero attached hydrogens (tertiary/aromatic N) is 1. The highest BCUT2D eigenvalue weighted by atomic mass is 16.2. The van der Waals surface area contributed by atoms with Crippen LogP contribution in [0.3, 0.4) is 0 Å². The van der Waals surface area contributed by atoms with Crippen LogP contribution in [0.25, 0.3) is 0 Å². The van der Waals surface area contributed by atoms with Gasteiger partial charge in [0.1, 0.15) is 0 Å². The summed E-state index contributed by atoms with van der Waals surface area (Å²) in [6, 6.07) is 6.56. The van der Waals surface area contributed by atoms with Crippen LogP contribution in [0.15, 0.2) is 24.3 Å². The molecule has 1 heterocycles. The number of carbonyl (C=O) groups is 2. The smallest absolute Gasteiger partial charge is 0.253 e. The van der Waals surface area contributed by atoms with Crippen LogP contribution in [0.2, 0.25) is 0 Å². The second-order valence-electron chi connectivity index (χ2n) is 4.65. The molecular formula is C14H18N2O2. The van der Waals surface area contributed by atoms with Crippen molar-refractivity contribution in [2.45, 2.75) is 25.7 Å². The number of hydrogen-bond donors (Lipinski definition) is 1. The third-order valence-electron chi connectivity index (χ3n) is 3.31. The summed E-state index contributed by atoms with van der Waals surface area (Å²) < 4.78 is 0. The molecule has 1 saturated heterocycles. The summed E-state index contributed by atoms with van der Waals surface area (Å²) in [5.74, 6) is -0.420. The summed E-state index contributed by atoms with van der Waals surface area (Å²) in [6.45, 7) is 1.66. The Morgan fingerprint density at radius 3 is 1.89 bits per heavy atom. The van der Waals surface area contributed by atoms with E-state index in [1.165, 1.54) is 12.8 Å². The zero-order valence-corrected chi connectivity index (χ0v) is 10.4. The van der Waals surface area contributed by atoms with Crippen molar-refractivity contribution in [3.05, 3.63) is 35.4 Å². The molecule has 4 heteroatoms. The number of benzene rings is 1. The van der Waals surface area contributed by atoms with Gasteiger partial charge in [-0.1, -0.05) is 12.8 Å². The lowest BCUT2D eigenvalue weighted by Crippen LogP contribution is -2.31. The van der Waals surface area contributed by atoms with E-state index in [9.17, 15) is 9.59 Å². The van der Waals surface area contributed by atoms with E-state index < -0.39 is 5.91 Å². The van der Waals surface area contributed by atoms with Gasteiger partial charge in [0.25, 0.3) is 5.91 Å².